The highest BCUT2D eigenvalue weighted by atomic mass is 19.1. The van der Waals surface area contributed by atoms with E-state index >= 15 is 0 Å². The van der Waals surface area contributed by atoms with Crippen LogP contribution in [0.1, 0.15) is 12.8 Å². The third kappa shape index (κ3) is 1.66. The highest BCUT2D eigenvalue weighted by molar-refractivity contribution is 5.90. The largest absolute Gasteiger partial charge is 0.391 e. The quantitative estimate of drug-likeness (QED) is 0.715. The summed E-state index contributed by atoms with van der Waals surface area (Å²) in [6.45, 7) is 3.22. The number of aliphatic hydroxyl groups is 1. The average Bonchev–Trinajstić information content (AvgIpc) is 2.63. The van der Waals surface area contributed by atoms with Crippen LogP contribution in [0.4, 0.5) is 4.39 Å². The number of fused-ring (bicyclic) bond motifs is 1. The van der Waals surface area contributed by atoms with Crippen LogP contribution in [0.15, 0.2) is 17.8 Å². The van der Waals surface area contributed by atoms with Crippen LogP contribution in [0.3, 0.4) is 0 Å². The Morgan fingerprint density at radius 1 is 1.73 bits per heavy atom. The minimum absolute atomic E-state index is 0.226. The predicted molar refractivity (Wildman–Crippen MR) is 52.1 cm³/mol. The Morgan fingerprint density at radius 2 is 2.53 bits per heavy atom. The van der Waals surface area contributed by atoms with E-state index in [1.54, 1.807) is 6.08 Å². The monoisotopic (exact) mass is 215 g/mol. The molecule has 0 aromatic heterocycles. The Morgan fingerprint density at radius 3 is 3.20 bits per heavy atom. The van der Waals surface area contributed by atoms with E-state index in [2.05, 4.69) is 11.7 Å². The van der Waals surface area contributed by atoms with Gasteiger partial charge in [0.15, 0.2) is 5.79 Å². The number of oxime groups is 1. The van der Waals surface area contributed by atoms with Gasteiger partial charge in [-0.05, 0) is 0 Å². The van der Waals surface area contributed by atoms with E-state index in [9.17, 15) is 9.50 Å². The van der Waals surface area contributed by atoms with Crippen molar-refractivity contribution in [1.29, 1.82) is 0 Å². The molecule has 0 spiro atoms. The first-order valence-electron chi connectivity index (χ1n) is 4.97. The number of hydrogen-bond acceptors (Lipinski definition) is 4. The van der Waals surface area contributed by atoms with E-state index in [1.165, 1.54) is 0 Å². The van der Waals surface area contributed by atoms with Gasteiger partial charge in [0.2, 0.25) is 0 Å². The predicted octanol–water partition coefficient (Wildman–Crippen LogP) is 1.01. The topological polar surface area (TPSA) is 51.0 Å². The smallest absolute Gasteiger partial charge is 0.180 e. The first-order valence-corrected chi connectivity index (χ1v) is 4.97. The molecule has 5 heteroatoms. The van der Waals surface area contributed by atoms with Gasteiger partial charge in [0.1, 0.15) is 18.5 Å². The second-order valence-corrected chi connectivity index (χ2v) is 3.81. The zero-order valence-corrected chi connectivity index (χ0v) is 8.36. The van der Waals surface area contributed by atoms with Gasteiger partial charge >= 0.3 is 0 Å². The van der Waals surface area contributed by atoms with Gasteiger partial charge in [-0.15, -0.1) is 6.58 Å². The van der Waals surface area contributed by atoms with Gasteiger partial charge in [0, 0.05) is 12.8 Å². The van der Waals surface area contributed by atoms with Crippen LogP contribution in [0.2, 0.25) is 0 Å². The van der Waals surface area contributed by atoms with Crippen molar-refractivity contribution < 1.29 is 19.1 Å². The second-order valence-electron chi connectivity index (χ2n) is 3.81. The first kappa shape index (κ1) is 10.6. The van der Waals surface area contributed by atoms with Crippen molar-refractivity contribution in [3.8, 4) is 0 Å². The fourth-order valence-electron chi connectivity index (χ4n) is 2.18. The van der Waals surface area contributed by atoms with E-state index in [0.29, 0.717) is 13.0 Å². The van der Waals surface area contributed by atoms with Gasteiger partial charge in [-0.3, -0.25) is 0 Å². The van der Waals surface area contributed by atoms with Crippen LogP contribution in [0, 0.1) is 5.92 Å². The molecule has 2 rings (SSSR count). The highest BCUT2D eigenvalue weighted by Gasteiger charge is 2.52. The van der Waals surface area contributed by atoms with Gasteiger partial charge in [-0.25, -0.2) is 4.39 Å². The zero-order chi connectivity index (χ0) is 10.9. The lowest BCUT2D eigenvalue weighted by atomic mass is 9.83. The normalized spacial score (nSPS) is 39.2. The summed E-state index contributed by atoms with van der Waals surface area (Å²) in [6, 6.07) is 0. The van der Waals surface area contributed by atoms with Crippen LogP contribution < -0.4 is 0 Å². The van der Waals surface area contributed by atoms with E-state index in [-0.39, 0.29) is 18.2 Å². The molecule has 0 aromatic carbocycles. The molecule has 1 fully saturated rings. The summed E-state index contributed by atoms with van der Waals surface area (Å²) in [5.41, 5.74) is 0.226. The minimum Gasteiger partial charge on any atom is -0.391 e. The van der Waals surface area contributed by atoms with Crippen LogP contribution >= 0.6 is 0 Å². The minimum atomic E-state index is -1.41. The number of nitrogens with zero attached hydrogens (tertiary/aromatic N) is 1. The Bertz CT molecular complexity index is 294. The van der Waals surface area contributed by atoms with Crippen LogP contribution in [0.25, 0.3) is 0 Å². The van der Waals surface area contributed by atoms with Crippen molar-refractivity contribution in [2.75, 3.05) is 13.3 Å². The number of alkyl halides is 1. The fourth-order valence-corrected chi connectivity index (χ4v) is 2.18. The molecule has 1 N–H and O–H groups in total. The van der Waals surface area contributed by atoms with Gasteiger partial charge in [-0.2, -0.15) is 0 Å². The molecule has 15 heavy (non-hydrogen) atoms. The molecule has 3 atom stereocenters. The molecular formula is C10H14FNO3. The van der Waals surface area contributed by atoms with E-state index < -0.39 is 18.4 Å². The molecule has 0 radical (unpaired) electrons. The summed E-state index contributed by atoms with van der Waals surface area (Å²) >= 11 is 0. The molecule has 0 amide bonds. The highest BCUT2D eigenvalue weighted by Crippen LogP contribution is 2.38. The van der Waals surface area contributed by atoms with Crippen molar-refractivity contribution in [3.63, 3.8) is 0 Å². The van der Waals surface area contributed by atoms with Crippen LogP contribution in [0.5, 0.6) is 0 Å². The maximum absolute atomic E-state index is 12.6. The average molecular weight is 215 g/mol. The van der Waals surface area contributed by atoms with Crippen LogP contribution in [-0.4, -0.2) is 36.0 Å². The number of halogens is 1. The summed E-state index contributed by atoms with van der Waals surface area (Å²) in [5, 5.41) is 13.9. The van der Waals surface area contributed by atoms with Crippen molar-refractivity contribution >= 4 is 5.71 Å². The lowest BCUT2D eigenvalue weighted by Gasteiger charge is -2.39. The molecule has 0 bridgehead atoms. The zero-order valence-electron chi connectivity index (χ0n) is 8.36. The lowest BCUT2D eigenvalue weighted by molar-refractivity contribution is -0.260. The van der Waals surface area contributed by atoms with Crippen molar-refractivity contribution in [1.82, 2.24) is 0 Å². The summed E-state index contributed by atoms with van der Waals surface area (Å²) in [5.74, 6) is -1.92. The third-order valence-corrected chi connectivity index (χ3v) is 2.85. The van der Waals surface area contributed by atoms with E-state index in [4.69, 9.17) is 9.57 Å². The van der Waals surface area contributed by atoms with Crippen LogP contribution in [-0.2, 0) is 9.57 Å². The Hall–Kier alpha value is -0.940. The molecule has 2 heterocycles. The first-order chi connectivity index (χ1) is 7.21. The second kappa shape index (κ2) is 3.90. The maximum atomic E-state index is 12.6. The van der Waals surface area contributed by atoms with Crippen molar-refractivity contribution in [2.24, 2.45) is 11.1 Å². The van der Waals surface area contributed by atoms with Crippen molar-refractivity contribution in [2.45, 2.75) is 24.7 Å². The summed E-state index contributed by atoms with van der Waals surface area (Å²) in [4.78, 5) is 5.08. The lowest BCUT2D eigenvalue weighted by Crippen LogP contribution is -2.52. The Kier molecular flexibility index (Phi) is 2.75. The molecule has 0 aliphatic carbocycles. The Balaban J connectivity index is 2.23. The molecule has 0 aromatic rings. The molecule has 0 saturated carbocycles. The number of rotatable bonds is 3. The van der Waals surface area contributed by atoms with Gasteiger partial charge in [0.05, 0.1) is 12.5 Å². The molecule has 2 aliphatic rings. The number of ether oxygens (including phenoxy) is 1. The third-order valence-electron chi connectivity index (χ3n) is 2.85. The Labute approximate surface area is 87.4 Å². The van der Waals surface area contributed by atoms with Gasteiger partial charge in [-0.1, -0.05) is 11.2 Å². The summed E-state index contributed by atoms with van der Waals surface area (Å²) in [7, 11) is 0. The molecule has 1 unspecified atom stereocenters. The van der Waals surface area contributed by atoms with Gasteiger partial charge < -0.3 is 14.7 Å². The molecule has 4 nitrogen and oxygen atoms in total. The van der Waals surface area contributed by atoms with Gasteiger partial charge in [0.25, 0.3) is 0 Å². The number of hydrogen-bond donors (Lipinski definition) is 1. The standard InChI is InChI=1S/C10H14FNO3/c1-2-4-10(13)9-7(6-11)12-15-8(9)3-5-14-10/h2,8-9,13H,1,3-6H2/t8-,9-,10?/m1/s1. The maximum Gasteiger partial charge on any atom is 0.180 e. The van der Waals surface area contributed by atoms with Crippen molar-refractivity contribution in [3.05, 3.63) is 12.7 Å². The van der Waals surface area contributed by atoms with E-state index in [1.807, 2.05) is 0 Å². The fraction of sp³-hybridized carbons (Fsp3) is 0.700. The molecule has 2 aliphatic heterocycles. The SMILES string of the molecule is C=CCC1(O)OCC[C@H]2ON=C(CF)[C@H]21. The molecule has 1 saturated heterocycles. The summed E-state index contributed by atoms with van der Waals surface area (Å²) < 4.78 is 18.0. The molecular weight excluding hydrogens is 201 g/mol. The summed E-state index contributed by atoms with van der Waals surface area (Å²) in [6.07, 6.45) is 2.15. The molecule has 84 valence electrons. The van der Waals surface area contributed by atoms with E-state index in [0.717, 1.165) is 0 Å².